The molecule has 0 atom stereocenters. The zero-order valence-electron chi connectivity index (χ0n) is 30.2. The van der Waals surface area contributed by atoms with Crippen LogP contribution in [0.2, 0.25) is 0 Å². The number of aromatic nitrogens is 5. The molecule has 7 rings (SSSR count). The van der Waals surface area contributed by atoms with Crippen LogP contribution in [0.5, 0.6) is 0 Å². The van der Waals surface area contributed by atoms with Crippen LogP contribution in [0.15, 0.2) is 103 Å². The Hall–Kier alpha value is -6.00. The molecular formula is C33H28N12O9S5. The molecule has 0 aliphatic heterocycles. The number of hydrogen-bond donors (Lipinski definition) is 6. The molecule has 26 heteroatoms. The van der Waals surface area contributed by atoms with Gasteiger partial charge in [-0.25, -0.2) is 9.97 Å². The number of anilines is 5. The third-order valence-electron chi connectivity index (χ3n) is 7.96. The summed E-state index contributed by atoms with van der Waals surface area (Å²) in [6.07, 6.45) is 0. The van der Waals surface area contributed by atoms with Gasteiger partial charge in [-0.15, -0.1) is 20.5 Å². The highest BCUT2D eigenvalue weighted by Crippen LogP contribution is 2.34. The Morgan fingerprint density at radius 2 is 1.00 bits per heavy atom. The van der Waals surface area contributed by atoms with Gasteiger partial charge in [-0.2, -0.15) is 40.2 Å². The van der Waals surface area contributed by atoms with E-state index in [1.807, 2.05) is 0 Å². The number of aryl methyl sites for hydroxylation is 2. The predicted octanol–water partition coefficient (Wildman–Crippen LogP) is 7.82. The Labute approximate surface area is 342 Å². The number of nitrogens with zero attached hydrogens (tertiary/aromatic N) is 9. The minimum Gasteiger partial charge on any atom is -0.353 e. The van der Waals surface area contributed by atoms with Gasteiger partial charge in [0.05, 0.1) is 47.4 Å². The Bertz CT molecular complexity index is 2980. The molecule has 0 aliphatic carbocycles. The van der Waals surface area contributed by atoms with Gasteiger partial charge in [-0.1, -0.05) is 22.7 Å². The maximum atomic E-state index is 11.5. The number of rotatable bonds is 14. The van der Waals surface area contributed by atoms with Gasteiger partial charge in [-0.05, 0) is 97.8 Å². The van der Waals surface area contributed by atoms with E-state index in [0.29, 0.717) is 54.3 Å². The first-order valence-corrected chi connectivity index (χ1v) is 22.8. The van der Waals surface area contributed by atoms with Gasteiger partial charge in [-0.3, -0.25) is 13.7 Å². The summed E-state index contributed by atoms with van der Waals surface area (Å²) in [6, 6.07) is 18.4. The number of fused-ring (bicyclic) bond motifs is 2. The molecule has 0 saturated carbocycles. The van der Waals surface area contributed by atoms with E-state index in [-0.39, 0.29) is 44.4 Å². The van der Waals surface area contributed by atoms with E-state index in [9.17, 15) is 38.9 Å². The average Bonchev–Trinajstić information content (AvgIpc) is 3.76. The highest BCUT2D eigenvalue weighted by Gasteiger charge is 2.15. The van der Waals surface area contributed by atoms with Gasteiger partial charge in [0.2, 0.25) is 28.1 Å². The van der Waals surface area contributed by atoms with E-state index < -0.39 is 36.1 Å². The molecule has 0 radical (unpaired) electrons. The highest BCUT2D eigenvalue weighted by molar-refractivity contribution is 7.86. The van der Waals surface area contributed by atoms with E-state index in [4.69, 9.17) is 0 Å². The molecule has 304 valence electrons. The van der Waals surface area contributed by atoms with Crippen LogP contribution in [-0.2, 0) is 30.4 Å². The van der Waals surface area contributed by atoms with E-state index in [1.165, 1.54) is 59.1 Å². The summed E-state index contributed by atoms with van der Waals surface area (Å²) >= 11 is 2.38. The Morgan fingerprint density at radius 3 is 1.41 bits per heavy atom. The molecule has 0 fully saturated rings. The SMILES string of the molecule is Cc1cc(Nc2nc(NCCS(=O)(=O)O)nc(Nc3ccc(N=Nc4nc5cc(S(=O)(=O)O)ccc5s4)c(C)c3)n2)ccc1N=Nc1nc2cc(S(=O)(=O)O)ccc2s1. The number of azo groups is 2. The van der Waals surface area contributed by atoms with Crippen molar-refractivity contribution in [3.8, 4) is 0 Å². The Morgan fingerprint density at radius 1 is 0.559 bits per heavy atom. The minimum atomic E-state index is -4.39. The summed E-state index contributed by atoms with van der Waals surface area (Å²) in [6.45, 7) is 3.39. The summed E-state index contributed by atoms with van der Waals surface area (Å²) in [5, 5.41) is 26.4. The number of thiazole rings is 2. The Balaban J connectivity index is 1.07. The summed E-state index contributed by atoms with van der Waals surface area (Å²) in [5.41, 5.74) is 4.21. The third-order valence-corrected chi connectivity index (χ3v) is 12.2. The molecule has 0 unspecified atom stereocenters. The molecule has 7 aromatic rings. The van der Waals surface area contributed by atoms with Crippen LogP contribution in [-0.4, -0.2) is 76.1 Å². The van der Waals surface area contributed by atoms with E-state index in [2.05, 4.69) is 61.3 Å². The first-order chi connectivity index (χ1) is 27.8. The van der Waals surface area contributed by atoms with Gasteiger partial charge in [0.1, 0.15) is 0 Å². The molecule has 0 aliphatic rings. The first kappa shape index (κ1) is 41.2. The van der Waals surface area contributed by atoms with Gasteiger partial charge >= 0.3 is 0 Å². The van der Waals surface area contributed by atoms with E-state index >= 15 is 0 Å². The minimum absolute atomic E-state index is 0.00276. The largest absolute Gasteiger partial charge is 0.353 e. The van der Waals surface area contributed by atoms with Gasteiger partial charge in [0, 0.05) is 17.9 Å². The Kier molecular flexibility index (Phi) is 11.4. The van der Waals surface area contributed by atoms with Crippen molar-refractivity contribution >= 4 is 124 Å². The zero-order valence-corrected chi connectivity index (χ0v) is 34.3. The highest BCUT2D eigenvalue weighted by atomic mass is 32.2. The molecule has 3 aromatic heterocycles. The third kappa shape index (κ3) is 10.6. The summed E-state index contributed by atoms with van der Waals surface area (Å²) in [5.74, 6) is -0.450. The van der Waals surface area contributed by atoms with Crippen molar-refractivity contribution in [1.82, 2.24) is 24.9 Å². The molecule has 3 heterocycles. The summed E-state index contributed by atoms with van der Waals surface area (Å²) in [4.78, 5) is 21.2. The topological polar surface area (TPSA) is 313 Å². The van der Waals surface area contributed by atoms with Crippen LogP contribution < -0.4 is 16.0 Å². The molecule has 0 saturated heterocycles. The average molecular weight is 897 g/mol. The van der Waals surface area contributed by atoms with Crippen LogP contribution >= 0.6 is 22.7 Å². The van der Waals surface area contributed by atoms with Crippen molar-refractivity contribution in [2.75, 3.05) is 28.2 Å². The van der Waals surface area contributed by atoms with Crippen molar-refractivity contribution in [2.24, 2.45) is 20.5 Å². The summed E-state index contributed by atoms with van der Waals surface area (Å²) in [7, 11) is -13.0. The molecule has 6 N–H and O–H groups in total. The number of benzene rings is 4. The lowest BCUT2D eigenvalue weighted by atomic mass is 10.2. The second-order valence-electron chi connectivity index (χ2n) is 12.4. The molecule has 0 amide bonds. The lowest BCUT2D eigenvalue weighted by Gasteiger charge is -2.12. The fourth-order valence-electron chi connectivity index (χ4n) is 5.20. The molecule has 59 heavy (non-hydrogen) atoms. The van der Waals surface area contributed by atoms with Crippen molar-refractivity contribution in [3.05, 3.63) is 83.9 Å². The van der Waals surface area contributed by atoms with Crippen LogP contribution in [0.1, 0.15) is 11.1 Å². The monoisotopic (exact) mass is 896 g/mol. The fraction of sp³-hybridized carbons (Fsp3) is 0.121. The standard InChI is InChI=1S/C33H28N12O9S5/c1-17-13-19(3-7-23(17)42-44-32-37-25-15-21(58(49,50)51)5-9-27(25)55-32)35-30-39-29(34-11-12-57(46,47)48)40-31(41-30)36-20-4-8-24(18(2)14-20)43-45-33-38-26-16-22(59(52,53)54)6-10-28(26)56-33/h3-10,13-16H,11-12H2,1-2H3,(H,46,47,48)(H,49,50,51)(H,52,53,54)(H3,34,35,36,39,40,41). The fourth-order valence-corrected chi connectivity index (χ4v) is 8.09. The van der Waals surface area contributed by atoms with Crippen LogP contribution in [0.25, 0.3) is 20.4 Å². The second-order valence-corrected chi connectivity index (χ2v) is 18.8. The molecule has 0 spiro atoms. The van der Waals surface area contributed by atoms with Crippen molar-refractivity contribution in [3.63, 3.8) is 0 Å². The molecule has 21 nitrogen and oxygen atoms in total. The maximum Gasteiger partial charge on any atom is 0.294 e. The molecular weight excluding hydrogens is 869 g/mol. The van der Waals surface area contributed by atoms with E-state index in [0.717, 1.165) is 0 Å². The van der Waals surface area contributed by atoms with Gasteiger partial charge in [0.25, 0.3) is 30.4 Å². The van der Waals surface area contributed by atoms with Crippen LogP contribution in [0, 0.1) is 13.8 Å². The predicted molar refractivity (Wildman–Crippen MR) is 221 cm³/mol. The lowest BCUT2D eigenvalue weighted by molar-refractivity contribution is 0.481. The number of hydrogen-bond acceptors (Lipinski definition) is 20. The van der Waals surface area contributed by atoms with Crippen LogP contribution in [0.4, 0.5) is 50.9 Å². The molecule has 0 bridgehead atoms. The zero-order chi connectivity index (χ0) is 42.1. The van der Waals surface area contributed by atoms with E-state index in [1.54, 1.807) is 50.2 Å². The van der Waals surface area contributed by atoms with Gasteiger partial charge in [0.15, 0.2) is 0 Å². The van der Waals surface area contributed by atoms with Crippen molar-refractivity contribution < 1.29 is 38.9 Å². The summed E-state index contributed by atoms with van der Waals surface area (Å²) < 4.78 is 97.8. The number of nitrogens with one attached hydrogen (secondary N) is 3. The van der Waals surface area contributed by atoms with Crippen molar-refractivity contribution in [1.29, 1.82) is 0 Å². The van der Waals surface area contributed by atoms with Gasteiger partial charge < -0.3 is 16.0 Å². The quantitative estimate of drug-likeness (QED) is 0.0447. The van der Waals surface area contributed by atoms with Crippen molar-refractivity contribution in [2.45, 2.75) is 23.6 Å². The first-order valence-electron chi connectivity index (χ1n) is 16.6. The maximum absolute atomic E-state index is 11.5. The van der Waals surface area contributed by atoms with Crippen LogP contribution in [0.3, 0.4) is 0 Å². The smallest absolute Gasteiger partial charge is 0.294 e. The molecule has 4 aromatic carbocycles. The lowest BCUT2D eigenvalue weighted by Crippen LogP contribution is -2.17. The normalized spacial score (nSPS) is 12.6. The second kappa shape index (κ2) is 16.3.